The van der Waals surface area contributed by atoms with Crippen molar-refractivity contribution < 1.29 is 18.7 Å². The first-order chi connectivity index (χ1) is 15.7. The van der Waals surface area contributed by atoms with E-state index in [4.69, 9.17) is 0 Å². The Morgan fingerprint density at radius 3 is 2.64 bits per heavy atom. The quantitative estimate of drug-likeness (QED) is 0.488. The van der Waals surface area contributed by atoms with Gasteiger partial charge in [-0.3, -0.25) is 18.5 Å². The van der Waals surface area contributed by atoms with Gasteiger partial charge in [0, 0.05) is 19.3 Å². The van der Waals surface area contributed by atoms with Gasteiger partial charge in [0.05, 0.1) is 22.8 Å². The fraction of sp³-hybridized carbons (Fsp3) is 0.182. The maximum absolute atomic E-state index is 14.2. The zero-order valence-electron chi connectivity index (χ0n) is 17.1. The van der Waals surface area contributed by atoms with E-state index in [1.807, 2.05) is 0 Å². The van der Waals surface area contributed by atoms with E-state index in [0.29, 0.717) is 11.0 Å². The van der Waals surface area contributed by atoms with Crippen LogP contribution in [0.15, 0.2) is 50.9 Å². The van der Waals surface area contributed by atoms with Crippen molar-refractivity contribution in [3.8, 4) is 5.69 Å². The van der Waals surface area contributed by atoms with Crippen LogP contribution in [0.25, 0.3) is 16.7 Å². The molecule has 0 spiro atoms. The molecule has 0 radical (unpaired) electrons. The van der Waals surface area contributed by atoms with Crippen LogP contribution in [0.2, 0.25) is 0 Å². The standard InChI is InChI=1S/C22H16F2N4O5/c1-26-18-4-2-11(8-16(18)25-21(26)32)27-9-14(20(30)31)19(29)28(22(27)33)17-5-3-12-13(17)6-10(23)7-15(12)24/h2,4,6-9,17H,3,5H2,1H3,(H,25,32)(H,30,31). The van der Waals surface area contributed by atoms with Gasteiger partial charge in [-0.2, -0.15) is 0 Å². The molecule has 1 aliphatic rings. The molecule has 0 saturated heterocycles. The van der Waals surface area contributed by atoms with Crippen LogP contribution in [-0.2, 0) is 13.5 Å². The number of aromatic amines is 1. The van der Waals surface area contributed by atoms with Crippen molar-refractivity contribution >= 4 is 17.0 Å². The second kappa shape index (κ2) is 7.12. The average molecular weight is 454 g/mol. The highest BCUT2D eigenvalue weighted by Crippen LogP contribution is 2.35. The van der Waals surface area contributed by atoms with Gasteiger partial charge < -0.3 is 10.1 Å². The molecule has 9 nitrogen and oxygen atoms in total. The molecule has 168 valence electrons. The van der Waals surface area contributed by atoms with Gasteiger partial charge >= 0.3 is 17.3 Å². The fourth-order valence-corrected chi connectivity index (χ4v) is 4.44. The predicted octanol–water partition coefficient (Wildman–Crippen LogP) is 1.69. The van der Waals surface area contributed by atoms with Gasteiger partial charge in [-0.1, -0.05) is 0 Å². The number of nitrogens with zero attached hydrogens (tertiary/aromatic N) is 3. The maximum Gasteiger partial charge on any atom is 0.342 e. The third-order valence-electron chi connectivity index (χ3n) is 6.05. The van der Waals surface area contributed by atoms with Crippen molar-refractivity contribution in [1.29, 1.82) is 0 Å². The number of benzene rings is 2. The van der Waals surface area contributed by atoms with Crippen LogP contribution < -0.4 is 16.9 Å². The predicted molar refractivity (Wildman–Crippen MR) is 113 cm³/mol. The zero-order valence-corrected chi connectivity index (χ0v) is 17.1. The van der Waals surface area contributed by atoms with Gasteiger partial charge in [0.25, 0.3) is 5.56 Å². The first-order valence-electron chi connectivity index (χ1n) is 9.96. The molecule has 4 aromatic rings. The molecular formula is C22H16F2N4O5. The Hall–Kier alpha value is -4.28. The Morgan fingerprint density at radius 2 is 1.91 bits per heavy atom. The molecule has 2 heterocycles. The van der Waals surface area contributed by atoms with E-state index < -0.39 is 40.5 Å². The Labute approximate surface area is 182 Å². The number of halogens is 2. The smallest absolute Gasteiger partial charge is 0.342 e. The van der Waals surface area contributed by atoms with E-state index in [0.717, 1.165) is 27.5 Å². The normalized spacial score (nSPS) is 15.2. The summed E-state index contributed by atoms with van der Waals surface area (Å²) in [6.07, 6.45) is 1.19. The number of nitrogens with one attached hydrogen (secondary N) is 1. The van der Waals surface area contributed by atoms with Crippen molar-refractivity contribution in [2.75, 3.05) is 0 Å². The molecule has 2 N–H and O–H groups in total. The molecule has 0 saturated carbocycles. The number of aromatic nitrogens is 4. The highest BCUT2D eigenvalue weighted by atomic mass is 19.1. The van der Waals surface area contributed by atoms with Gasteiger partial charge in [-0.05, 0) is 48.2 Å². The lowest BCUT2D eigenvalue weighted by Gasteiger charge is -2.18. The molecule has 5 rings (SSSR count). The summed E-state index contributed by atoms with van der Waals surface area (Å²) < 4.78 is 31.2. The van der Waals surface area contributed by atoms with Crippen LogP contribution in [0.4, 0.5) is 8.78 Å². The first kappa shape index (κ1) is 20.6. The minimum absolute atomic E-state index is 0.124. The van der Waals surface area contributed by atoms with Crippen LogP contribution in [0.1, 0.15) is 33.9 Å². The number of carbonyl (C=O) groups is 1. The Morgan fingerprint density at radius 1 is 1.15 bits per heavy atom. The van der Waals surface area contributed by atoms with Crippen LogP contribution in [-0.4, -0.2) is 29.8 Å². The molecule has 0 bridgehead atoms. The van der Waals surface area contributed by atoms with Gasteiger partial charge in [0.15, 0.2) is 0 Å². The fourth-order valence-electron chi connectivity index (χ4n) is 4.44. The molecule has 0 aliphatic heterocycles. The van der Waals surface area contributed by atoms with E-state index in [9.17, 15) is 33.1 Å². The number of hydrogen-bond acceptors (Lipinski definition) is 4. The molecule has 2 aromatic heterocycles. The van der Waals surface area contributed by atoms with Crippen LogP contribution in [0.3, 0.4) is 0 Å². The molecule has 2 aromatic carbocycles. The summed E-state index contributed by atoms with van der Waals surface area (Å²) in [5.41, 5.74) is -1.53. The Balaban J connectivity index is 1.79. The number of carboxylic acids is 1. The minimum atomic E-state index is -1.56. The lowest BCUT2D eigenvalue weighted by atomic mass is 10.1. The second-order valence-corrected chi connectivity index (χ2v) is 7.88. The molecule has 0 amide bonds. The van der Waals surface area contributed by atoms with E-state index in [2.05, 4.69) is 4.98 Å². The first-order valence-corrected chi connectivity index (χ1v) is 9.96. The molecular weight excluding hydrogens is 438 g/mol. The van der Waals surface area contributed by atoms with E-state index in [-0.39, 0.29) is 35.3 Å². The third-order valence-corrected chi connectivity index (χ3v) is 6.05. The van der Waals surface area contributed by atoms with Gasteiger partial charge in [-0.15, -0.1) is 0 Å². The lowest BCUT2D eigenvalue weighted by Crippen LogP contribution is -2.43. The summed E-state index contributed by atoms with van der Waals surface area (Å²) in [4.78, 5) is 52.7. The van der Waals surface area contributed by atoms with Gasteiger partial charge in [-0.25, -0.2) is 23.2 Å². The number of carboxylic acid groups (broad SMARTS) is 1. The summed E-state index contributed by atoms with van der Waals surface area (Å²) in [6, 6.07) is 5.29. The minimum Gasteiger partial charge on any atom is -0.477 e. The van der Waals surface area contributed by atoms with Crippen molar-refractivity contribution in [2.24, 2.45) is 7.05 Å². The maximum atomic E-state index is 14.2. The Bertz CT molecular complexity index is 1660. The van der Waals surface area contributed by atoms with E-state index in [1.54, 1.807) is 13.1 Å². The molecule has 1 unspecified atom stereocenters. The molecule has 11 heteroatoms. The van der Waals surface area contributed by atoms with Crippen molar-refractivity contribution in [1.82, 2.24) is 18.7 Å². The number of aryl methyl sites for hydroxylation is 1. The number of hydrogen-bond donors (Lipinski definition) is 2. The summed E-state index contributed by atoms with van der Waals surface area (Å²) in [7, 11) is 1.56. The lowest BCUT2D eigenvalue weighted by molar-refractivity contribution is 0.0693. The van der Waals surface area contributed by atoms with Crippen LogP contribution >= 0.6 is 0 Å². The van der Waals surface area contributed by atoms with Gasteiger partial charge in [0.1, 0.15) is 17.2 Å². The number of imidazole rings is 1. The average Bonchev–Trinajstić information content (AvgIpc) is 3.29. The Kier molecular flexibility index (Phi) is 4.45. The molecule has 1 atom stereocenters. The van der Waals surface area contributed by atoms with Crippen LogP contribution in [0, 0.1) is 11.6 Å². The van der Waals surface area contributed by atoms with Crippen LogP contribution in [0.5, 0.6) is 0 Å². The topological polar surface area (TPSA) is 119 Å². The highest BCUT2D eigenvalue weighted by molar-refractivity contribution is 5.87. The van der Waals surface area contributed by atoms with Crippen molar-refractivity contribution in [2.45, 2.75) is 18.9 Å². The highest BCUT2D eigenvalue weighted by Gasteiger charge is 2.31. The molecule has 33 heavy (non-hydrogen) atoms. The summed E-state index contributed by atoms with van der Waals surface area (Å²) in [5, 5.41) is 9.59. The van der Waals surface area contributed by atoms with Gasteiger partial charge in [0.2, 0.25) is 0 Å². The second-order valence-electron chi connectivity index (χ2n) is 7.88. The SMILES string of the molecule is Cn1c(=O)[nH]c2cc(-n3cc(C(=O)O)c(=O)n(C4CCc5c(F)cc(F)cc54)c3=O)ccc21. The molecule has 0 fully saturated rings. The zero-order chi connectivity index (χ0) is 23.6. The monoisotopic (exact) mass is 454 g/mol. The largest absolute Gasteiger partial charge is 0.477 e. The number of rotatable bonds is 3. The van der Waals surface area contributed by atoms with E-state index >= 15 is 0 Å². The van der Waals surface area contributed by atoms with Crippen molar-refractivity contribution in [3.05, 3.63) is 96.2 Å². The summed E-state index contributed by atoms with van der Waals surface area (Å²) in [6.45, 7) is 0. The number of H-pyrrole nitrogens is 1. The third kappa shape index (κ3) is 3.04. The summed E-state index contributed by atoms with van der Waals surface area (Å²) in [5.74, 6) is -3.20. The van der Waals surface area contributed by atoms with Crippen molar-refractivity contribution in [3.63, 3.8) is 0 Å². The number of aromatic carboxylic acids is 1. The summed E-state index contributed by atoms with van der Waals surface area (Å²) >= 11 is 0. The van der Waals surface area contributed by atoms with E-state index in [1.165, 1.54) is 16.7 Å². The molecule has 1 aliphatic carbocycles. The number of fused-ring (bicyclic) bond motifs is 2.